The molecular formula is C19H13ClN2. The van der Waals surface area contributed by atoms with E-state index >= 15 is 0 Å². The van der Waals surface area contributed by atoms with Crippen molar-refractivity contribution in [1.82, 2.24) is 0 Å². The molecule has 0 aromatic heterocycles. The second kappa shape index (κ2) is 5.32. The molecule has 0 fully saturated rings. The Balaban J connectivity index is 1.79. The normalized spacial score (nSPS) is 11.8. The van der Waals surface area contributed by atoms with Crippen LogP contribution in [-0.2, 0) is 0 Å². The van der Waals surface area contributed by atoms with E-state index < -0.39 is 0 Å². The van der Waals surface area contributed by atoms with Gasteiger partial charge in [0, 0.05) is 16.1 Å². The first-order valence-corrected chi connectivity index (χ1v) is 7.49. The van der Waals surface area contributed by atoms with Crippen molar-refractivity contribution >= 4 is 23.0 Å². The molecule has 22 heavy (non-hydrogen) atoms. The fraction of sp³-hybridized carbons (Fsp3) is 0. The molecule has 2 nitrogen and oxygen atoms in total. The molecule has 0 amide bonds. The van der Waals surface area contributed by atoms with Crippen LogP contribution in [0.1, 0.15) is 11.1 Å². The van der Waals surface area contributed by atoms with Crippen LogP contribution in [-0.4, -0.2) is 5.71 Å². The first kappa shape index (κ1) is 13.1. The third-order valence-corrected chi connectivity index (χ3v) is 4.01. The molecule has 3 heteroatoms. The van der Waals surface area contributed by atoms with Crippen LogP contribution in [0.25, 0.3) is 11.1 Å². The van der Waals surface area contributed by atoms with Crippen molar-refractivity contribution in [3.8, 4) is 11.1 Å². The van der Waals surface area contributed by atoms with Gasteiger partial charge in [-0.1, -0.05) is 66.2 Å². The highest BCUT2D eigenvalue weighted by atomic mass is 35.5. The number of anilines is 1. The standard InChI is InChI=1S/C19H13ClN2/c20-13-6-5-7-14(12-13)21-22-19-17-10-3-1-8-15(17)16-9-2-4-11-18(16)19/h1-12,21H. The molecule has 106 valence electrons. The summed E-state index contributed by atoms with van der Waals surface area (Å²) >= 11 is 6.01. The summed E-state index contributed by atoms with van der Waals surface area (Å²) in [6, 6.07) is 24.2. The summed E-state index contributed by atoms with van der Waals surface area (Å²) in [5.74, 6) is 0. The fourth-order valence-electron chi connectivity index (χ4n) is 2.79. The highest BCUT2D eigenvalue weighted by molar-refractivity contribution is 6.30. The van der Waals surface area contributed by atoms with E-state index in [1.807, 2.05) is 36.4 Å². The lowest BCUT2D eigenvalue weighted by atomic mass is 10.1. The fourth-order valence-corrected chi connectivity index (χ4v) is 2.98. The van der Waals surface area contributed by atoms with Crippen molar-refractivity contribution in [2.45, 2.75) is 0 Å². The molecule has 1 aliphatic rings. The largest absolute Gasteiger partial charge is 0.278 e. The van der Waals surface area contributed by atoms with Gasteiger partial charge in [-0.25, -0.2) is 0 Å². The van der Waals surface area contributed by atoms with Crippen molar-refractivity contribution in [1.29, 1.82) is 0 Å². The topological polar surface area (TPSA) is 24.4 Å². The van der Waals surface area contributed by atoms with Crippen LogP contribution in [0.3, 0.4) is 0 Å². The zero-order valence-electron chi connectivity index (χ0n) is 11.8. The Morgan fingerprint density at radius 1 is 0.682 bits per heavy atom. The van der Waals surface area contributed by atoms with Crippen LogP contribution in [0.4, 0.5) is 5.69 Å². The molecule has 0 saturated heterocycles. The lowest BCUT2D eigenvalue weighted by molar-refractivity contribution is 1.33. The van der Waals surface area contributed by atoms with Gasteiger partial charge in [0.15, 0.2) is 0 Å². The van der Waals surface area contributed by atoms with Gasteiger partial charge in [-0.2, -0.15) is 5.10 Å². The molecule has 0 bridgehead atoms. The minimum Gasteiger partial charge on any atom is -0.278 e. The zero-order valence-corrected chi connectivity index (χ0v) is 12.5. The van der Waals surface area contributed by atoms with Crippen LogP contribution in [0.15, 0.2) is 77.9 Å². The van der Waals surface area contributed by atoms with Gasteiger partial charge in [-0.05, 0) is 29.3 Å². The van der Waals surface area contributed by atoms with Crippen molar-refractivity contribution in [3.05, 3.63) is 88.9 Å². The van der Waals surface area contributed by atoms with E-state index in [1.54, 1.807) is 0 Å². The summed E-state index contributed by atoms with van der Waals surface area (Å²) in [4.78, 5) is 0. The second-order valence-corrected chi connectivity index (χ2v) is 5.61. The Hall–Kier alpha value is -2.58. The maximum Gasteiger partial charge on any atom is 0.0990 e. The van der Waals surface area contributed by atoms with E-state index in [0.29, 0.717) is 5.02 Å². The predicted molar refractivity (Wildman–Crippen MR) is 92.6 cm³/mol. The summed E-state index contributed by atoms with van der Waals surface area (Å²) < 4.78 is 0. The number of nitrogens with zero attached hydrogens (tertiary/aromatic N) is 1. The number of hydrazone groups is 1. The Labute approximate surface area is 134 Å². The molecule has 1 N–H and O–H groups in total. The van der Waals surface area contributed by atoms with Gasteiger partial charge in [0.1, 0.15) is 0 Å². The summed E-state index contributed by atoms with van der Waals surface area (Å²) in [6.45, 7) is 0. The predicted octanol–water partition coefficient (Wildman–Crippen LogP) is 5.18. The first-order chi connectivity index (χ1) is 10.8. The van der Waals surface area contributed by atoms with Crippen LogP contribution >= 0.6 is 11.6 Å². The SMILES string of the molecule is Clc1cccc(NN=C2c3ccccc3-c3ccccc32)c1. The lowest BCUT2D eigenvalue weighted by Crippen LogP contribution is -2.02. The quantitative estimate of drug-likeness (QED) is 0.507. The third-order valence-electron chi connectivity index (χ3n) is 3.78. The lowest BCUT2D eigenvalue weighted by Gasteiger charge is -2.04. The van der Waals surface area contributed by atoms with Crippen molar-refractivity contribution in [3.63, 3.8) is 0 Å². The number of hydrogen-bond acceptors (Lipinski definition) is 2. The molecule has 0 saturated carbocycles. The van der Waals surface area contributed by atoms with Gasteiger partial charge >= 0.3 is 0 Å². The van der Waals surface area contributed by atoms with Gasteiger partial charge in [0.05, 0.1) is 11.4 Å². The smallest absolute Gasteiger partial charge is 0.0990 e. The molecule has 3 aromatic rings. The summed E-state index contributed by atoms with van der Waals surface area (Å²) in [5, 5.41) is 5.32. The molecule has 0 heterocycles. The van der Waals surface area contributed by atoms with E-state index in [4.69, 9.17) is 11.6 Å². The summed E-state index contributed by atoms with van der Waals surface area (Å²) in [6.07, 6.45) is 0. The number of fused-ring (bicyclic) bond motifs is 3. The highest BCUT2D eigenvalue weighted by Gasteiger charge is 2.23. The van der Waals surface area contributed by atoms with Gasteiger partial charge in [-0.15, -0.1) is 0 Å². The Kier molecular flexibility index (Phi) is 3.17. The van der Waals surface area contributed by atoms with Gasteiger partial charge in [0.2, 0.25) is 0 Å². The number of benzene rings is 3. The van der Waals surface area contributed by atoms with E-state index in [2.05, 4.69) is 46.9 Å². The molecule has 0 aliphatic heterocycles. The number of hydrogen-bond donors (Lipinski definition) is 1. The molecule has 0 unspecified atom stereocenters. The van der Waals surface area contributed by atoms with Gasteiger partial charge in [-0.3, -0.25) is 5.43 Å². The van der Waals surface area contributed by atoms with Gasteiger partial charge < -0.3 is 0 Å². The highest BCUT2D eigenvalue weighted by Crippen LogP contribution is 2.36. The van der Waals surface area contributed by atoms with E-state index in [0.717, 1.165) is 22.5 Å². The van der Waals surface area contributed by atoms with E-state index in [9.17, 15) is 0 Å². The van der Waals surface area contributed by atoms with Crippen molar-refractivity contribution in [2.75, 3.05) is 5.43 Å². The van der Waals surface area contributed by atoms with E-state index in [1.165, 1.54) is 11.1 Å². The van der Waals surface area contributed by atoms with Crippen LogP contribution in [0.2, 0.25) is 5.02 Å². The number of nitrogens with one attached hydrogen (secondary N) is 1. The van der Waals surface area contributed by atoms with Crippen molar-refractivity contribution in [2.24, 2.45) is 5.10 Å². The number of halogens is 1. The average molecular weight is 305 g/mol. The Morgan fingerprint density at radius 3 is 1.86 bits per heavy atom. The maximum atomic E-state index is 6.01. The average Bonchev–Trinajstić information content (AvgIpc) is 2.87. The monoisotopic (exact) mass is 304 g/mol. The second-order valence-electron chi connectivity index (χ2n) is 5.17. The van der Waals surface area contributed by atoms with Crippen LogP contribution in [0, 0.1) is 0 Å². The zero-order chi connectivity index (χ0) is 14.9. The summed E-state index contributed by atoms with van der Waals surface area (Å²) in [5.41, 5.74) is 9.71. The molecule has 4 rings (SSSR count). The molecule has 1 aliphatic carbocycles. The minimum atomic E-state index is 0.692. The molecular weight excluding hydrogens is 292 g/mol. The maximum absolute atomic E-state index is 6.01. The van der Waals surface area contributed by atoms with E-state index in [-0.39, 0.29) is 0 Å². The van der Waals surface area contributed by atoms with Crippen LogP contribution < -0.4 is 5.43 Å². The Morgan fingerprint density at radius 2 is 1.27 bits per heavy atom. The minimum absolute atomic E-state index is 0.692. The third kappa shape index (κ3) is 2.18. The number of rotatable bonds is 2. The van der Waals surface area contributed by atoms with Crippen molar-refractivity contribution < 1.29 is 0 Å². The molecule has 0 spiro atoms. The van der Waals surface area contributed by atoms with Gasteiger partial charge in [0.25, 0.3) is 0 Å². The summed E-state index contributed by atoms with van der Waals surface area (Å²) in [7, 11) is 0. The first-order valence-electron chi connectivity index (χ1n) is 7.11. The van der Waals surface area contributed by atoms with Crippen LogP contribution in [0.5, 0.6) is 0 Å². The molecule has 0 atom stereocenters. The molecule has 0 radical (unpaired) electrons. The Bertz CT molecular complexity index is 836. The molecule has 3 aromatic carbocycles.